The number of ketones is 1. The Morgan fingerprint density at radius 3 is 2.68 bits per heavy atom. The maximum atomic E-state index is 12.8. The lowest BCUT2D eigenvalue weighted by atomic mass is 9.89. The largest absolute Gasteiger partial charge is 0.301 e. The molecule has 2 aliphatic heterocycles. The van der Waals surface area contributed by atoms with Gasteiger partial charge in [0.2, 0.25) is 0 Å². The van der Waals surface area contributed by atoms with Crippen LogP contribution >= 0.6 is 11.6 Å². The molecule has 25 heavy (non-hydrogen) atoms. The molecule has 0 amide bonds. The normalized spacial score (nSPS) is 27.8. The molecule has 0 bridgehead atoms. The Balaban J connectivity index is 1.51. The van der Waals surface area contributed by atoms with Crippen molar-refractivity contribution in [1.29, 1.82) is 0 Å². The zero-order chi connectivity index (χ0) is 17.8. The molecule has 1 aromatic rings. The molecule has 2 aliphatic rings. The highest BCUT2D eigenvalue weighted by molar-refractivity contribution is 6.30. The van der Waals surface area contributed by atoms with E-state index in [1.807, 2.05) is 12.1 Å². The summed E-state index contributed by atoms with van der Waals surface area (Å²) in [5, 5.41) is 0.678. The molecule has 3 unspecified atom stereocenters. The van der Waals surface area contributed by atoms with Crippen LogP contribution in [0.1, 0.15) is 49.9 Å². The van der Waals surface area contributed by atoms with Gasteiger partial charge in [0.25, 0.3) is 0 Å². The van der Waals surface area contributed by atoms with E-state index in [1.165, 1.54) is 12.8 Å². The molecule has 0 aliphatic carbocycles. The van der Waals surface area contributed by atoms with Crippen molar-refractivity contribution in [3.63, 3.8) is 0 Å². The minimum atomic E-state index is 0.107. The summed E-state index contributed by atoms with van der Waals surface area (Å²) < 4.78 is 0. The Morgan fingerprint density at radius 1 is 1.24 bits per heavy atom. The fourth-order valence-corrected chi connectivity index (χ4v) is 4.26. The van der Waals surface area contributed by atoms with Crippen LogP contribution in [0.15, 0.2) is 24.3 Å². The van der Waals surface area contributed by atoms with E-state index >= 15 is 0 Å². The number of halogens is 1. The Kier molecular flexibility index (Phi) is 6.50. The van der Waals surface area contributed by atoms with Crippen molar-refractivity contribution in [3.8, 4) is 0 Å². The van der Waals surface area contributed by atoms with Crippen molar-refractivity contribution in [1.82, 2.24) is 15.8 Å². The minimum Gasteiger partial charge on any atom is -0.301 e. The molecular weight excluding hydrogens is 334 g/mol. The van der Waals surface area contributed by atoms with Crippen molar-refractivity contribution in [2.24, 2.45) is 11.8 Å². The van der Waals surface area contributed by atoms with Gasteiger partial charge in [-0.15, -0.1) is 0 Å². The molecule has 4 nitrogen and oxygen atoms in total. The SMILES string of the molecule is CC(C)CC1CC(CN2CCCC(C(=O)c3ccc(Cl)cc3)C2)NN1. The summed E-state index contributed by atoms with van der Waals surface area (Å²) in [6.07, 6.45) is 4.47. The van der Waals surface area contributed by atoms with Gasteiger partial charge >= 0.3 is 0 Å². The fourth-order valence-electron chi connectivity index (χ4n) is 4.14. The van der Waals surface area contributed by atoms with Gasteiger partial charge in [-0.3, -0.25) is 15.6 Å². The zero-order valence-electron chi connectivity index (χ0n) is 15.3. The van der Waals surface area contributed by atoms with Gasteiger partial charge in [0, 0.05) is 41.7 Å². The number of piperidine rings is 1. The summed E-state index contributed by atoms with van der Waals surface area (Å²) in [6.45, 7) is 7.52. The molecule has 3 rings (SSSR count). The number of hydrazine groups is 1. The predicted octanol–water partition coefficient (Wildman–Crippen LogP) is 3.52. The van der Waals surface area contributed by atoms with Gasteiger partial charge in [0.1, 0.15) is 0 Å². The second kappa shape index (κ2) is 8.63. The van der Waals surface area contributed by atoms with Crippen molar-refractivity contribution in [3.05, 3.63) is 34.9 Å². The molecular formula is C20H30ClN3O. The summed E-state index contributed by atoms with van der Waals surface area (Å²) in [4.78, 5) is 15.2. The van der Waals surface area contributed by atoms with Crippen molar-refractivity contribution >= 4 is 17.4 Å². The molecule has 2 heterocycles. The first kappa shape index (κ1) is 18.8. The molecule has 0 radical (unpaired) electrons. The molecule has 2 saturated heterocycles. The summed E-state index contributed by atoms with van der Waals surface area (Å²) in [7, 11) is 0. The quantitative estimate of drug-likeness (QED) is 0.759. The second-order valence-electron chi connectivity index (χ2n) is 8.02. The second-order valence-corrected chi connectivity index (χ2v) is 8.45. The van der Waals surface area contributed by atoms with Gasteiger partial charge in [-0.1, -0.05) is 25.4 Å². The van der Waals surface area contributed by atoms with Gasteiger partial charge in [-0.2, -0.15) is 0 Å². The Labute approximate surface area is 156 Å². The molecule has 1 aromatic carbocycles. The van der Waals surface area contributed by atoms with Gasteiger partial charge in [0.15, 0.2) is 5.78 Å². The molecule has 5 heteroatoms. The minimum absolute atomic E-state index is 0.107. The first-order chi connectivity index (χ1) is 12.0. The molecule has 3 atom stereocenters. The third-order valence-electron chi connectivity index (χ3n) is 5.30. The van der Waals surface area contributed by atoms with Crippen LogP contribution in [-0.4, -0.2) is 42.4 Å². The number of Topliss-reactive ketones (excluding diaryl/α,β-unsaturated/α-hetero) is 1. The number of rotatable bonds is 6. The fraction of sp³-hybridized carbons (Fsp3) is 0.650. The predicted molar refractivity (Wildman–Crippen MR) is 103 cm³/mol. The highest BCUT2D eigenvalue weighted by Gasteiger charge is 2.30. The number of likely N-dealkylation sites (tertiary alicyclic amines) is 1. The van der Waals surface area contributed by atoms with Gasteiger partial charge < -0.3 is 4.90 Å². The standard InChI is InChI=1S/C20H30ClN3O/c1-14(2)10-18-11-19(23-22-18)13-24-9-3-4-16(12-24)20(25)15-5-7-17(21)8-6-15/h5-8,14,16,18-19,22-23H,3-4,9-13H2,1-2H3. The maximum Gasteiger partial charge on any atom is 0.167 e. The van der Waals surface area contributed by atoms with E-state index in [-0.39, 0.29) is 11.7 Å². The molecule has 0 aromatic heterocycles. The summed E-state index contributed by atoms with van der Waals surface area (Å²) in [6, 6.07) is 8.36. The van der Waals surface area contributed by atoms with E-state index in [4.69, 9.17) is 11.6 Å². The van der Waals surface area contributed by atoms with Crippen LogP contribution in [0.2, 0.25) is 5.02 Å². The van der Waals surface area contributed by atoms with Gasteiger partial charge in [0.05, 0.1) is 0 Å². The van der Waals surface area contributed by atoms with E-state index in [1.54, 1.807) is 12.1 Å². The van der Waals surface area contributed by atoms with E-state index in [0.717, 1.165) is 44.0 Å². The van der Waals surface area contributed by atoms with Crippen LogP contribution in [0.4, 0.5) is 0 Å². The molecule has 138 valence electrons. The molecule has 0 saturated carbocycles. The monoisotopic (exact) mass is 363 g/mol. The lowest BCUT2D eigenvalue weighted by Crippen LogP contribution is -2.45. The summed E-state index contributed by atoms with van der Waals surface area (Å²) in [5.41, 5.74) is 7.67. The Morgan fingerprint density at radius 2 is 1.96 bits per heavy atom. The van der Waals surface area contributed by atoms with E-state index in [2.05, 4.69) is 29.6 Å². The van der Waals surface area contributed by atoms with Crippen molar-refractivity contribution in [2.75, 3.05) is 19.6 Å². The number of benzene rings is 1. The maximum absolute atomic E-state index is 12.8. The van der Waals surface area contributed by atoms with Crippen molar-refractivity contribution in [2.45, 2.75) is 51.6 Å². The summed E-state index contributed by atoms with van der Waals surface area (Å²) in [5.74, 6) is 1.08. The number of hydrogen-bond acceptors (Lipinski definition) is 4. The number of nitrogens with zero attached hydrogens (tertiary/aromatic N) is 1. The van der Waals surface area contributed by atoms with Gasteiger partial charge in [-0.25, -0.2) is 0 Å². The highest BCUT2D eigenvalue weighted by Crippen LogP contribution is 2.23. The number of hydrogen-bond donors (Lipinski definition) is 2. The van der Waals surface area contributed by atoms with Crippen LogP contribution in [0, 0.1) is 11.8 Å². The Bertz CT molecular complexity index is 575. The lowest BCUT2D eigenvalue weighted by Gasteiger charge is -2.33. The number of nitrogens with one attached hydrogen (secondary N) is 2. The third kappa shape index (κ3) is 5.27. The van der Waals surface area contributed by atoms with Crippen LogP contribution in [0.25, 0.3) is 0 Å². The first-order valence-electron chi connectivity index (χ1n) is 9.54. The number of carbonyl (C=O) groups is 1. The summed E-state index contributed by atoms with van der Waals surface area (Å²) >= 11 is 5.93. The topological polar surface area (TPSA) is 44.4 Å². The van der Waals surface area contributed by atoms with Gasteiger partial charge in [-0.05, 0) is 62.4 Å². The van der Waals surface area contributed by atoms with Crippen LogP contribution in [-0.2, 0) is 0 Å². The zero-order valence-corrected chi connectivity index (χ0v) is 16.1. The van der Waals surface area contributed by atoms with Crippen LogP contribution in [0.5, 0.6) is 0 Å². The first-order valence-corrected chi connectivity index (χ1v) is 9.92. The smallest absolute Gasteiger partial charge is 0.167 e. The molecule has 2 fully saturated rings. The average molecular weight is 364 g/mol. The molecule has 0 spiro atoms. The van der Waals surface area contributed by atoms with E-state index in [0.29, 0.717) is 17.1 Å². The van der Waals surface area contributed by atoms with Crippen molar-refractivity contribution < 1.29 is 4.79 Å². The van der Waals surface area contributed by atoms with Crippen LogP contribution < -0.4 is 10.9 Å². The van der Waals surface area contributed by atoms with Crippen LogP contribution in [0.3, 0.4) is 0 Å². The third-order valence-corrected chi connectivity index (χ3v) is 5.55. The van der Waals surface area contributed by atoms with E-state index in [9.17, 15) is 4.79 Å². The lowest BCUT2D eigenvalue weighted by molar-refractivity contribution is 0.0809. The highest BCUT2D eigenvalue weighted by atomic mass is 35.5. The number of carbonyl (C=O) groups excluding carboxylic acids is 1. The van der Waals surface area contributed by atoms with E-state index < -0.39 is 0 Å². The average Bonchev–Trinajstić information content (AvgIpc) is 3.01. The molecule has 2 N–H and O–H groups in total. The Hall–Kier alpha value is -0.940.